The van der Waals surface area contributed by atoms with Crippen molar-refractivity contribution in [3.8, 4) is 0 Å². The molecule has 1 aromatic rings. The Bertz CT molecular complexity index is 396. The fourth-order valence-electron chi connectivity index (χ4n) is 2.54. The van der Waals surface area contributed by atoms with Crippen LogP contribution in [0.5, 0.6) is 0 Å². The van der Waals surface area contributed by atoms with Crippen LogP contribution in [0, 0.1) is 0 Å². The van der Waals surface area contributed by atoms with Crippen LogP contribution < -0.4 is 0 Å². The number of piperidine rings is 1. The van der Waals surface area contributed by atoms with Gasteiger partial charge in [-0.15, -0.1) is 10.2 Å². The van der Waals surface area contributed by atoms with Crippen LogP contribution in [0.3, 0.4) is 0 Å². The molecular weight excluding hydrogens is 242 g/mol. The summed E-state index contributed by atoms with van der Waals surface area (Å²) in [5, 5.41) is 17.4. The molecule has 2 rings (SSSR count). The summed E-state index contributed by atoms with van der Waals surface area (Å²) >= 11 is 0. The van der Waals surface area contributed by atoms with E-state index in [1.165, 1.54) is 12.8 Å². The first-order chi connectivity index (χ1) is 9.00. The van der Waals surface area contributed by atoms with Crippen LogP contribution in [0.4, 0.5) is 0 Å². The summed E-state index contributed by atoms with van der Waals surface area (Å²) in [6.45, 7) is 8.21. The monoisotopic (exact) mass is 267 g/mol. The van der Waals surface area contributed by atoms with Gasteiger partial charge in [0.25, 0.3) is 0 Å². The molecule has 0 saturated carbocycles. The van der Waals surface area contributed by atoms with E-state index in [0.717, 1.165) is 19.4 Å². The van der Waals surface area contributed by atoms with Crippen molar-refractivity contribution < 1.29 is 9.52 Å². The van der Waals surface area contributed by atoms with Crippen LogP contribution in [0.1, 0.15) is 58.2 Å². The first-order valence-electron chi connectivity index (χ1n) is 7.18. The van der Waals surface area contributed by atoms with E-state index >= 15 is 0 Å². The Morgan fingerprint density at radius 3 is 2.74 bits per heavy atom. The molecule has 5 nitrogen and oxygen atoms in total. The minimum absolute atomic E-state index is 0.0996. The topological polar surface area (TPSA) is 62.4 Å². The molecular formula is C14H25N3O2. The molecule has 0 amide bonds. The summed E-state index contributed by atoms with van der Waals surface area (Å²) in [4.78, 5) is 2.36. The maximum atomic E-state index is 9.14. The fraction of sp³-hybridized carbons (Fsp3) is 0.857. The number of nitrogens with zero attached hydrogens (tertiary/aromatic N) is 3. The lowest BCUT2D eigenvalue weighted by Gasteiger charge is -2.34. The Morgan fingerprint density at radius 1 is 1.32 bits per heavy atom. The standard InChI is InChI=1S/C14H25N3O2/c1-14(2,3)13-16-15-12(19-13)10-17-8-5-4-6-11(17)7-9-18/h11,18H,4-10H2,1-3H3. The molecule has 0 aromatic carbocycles. The quantitative estimate of drug-likeness (QED) is 0.905. The molecule has 1 aliphatic rings. The van der Waals surface area contributed by atoms with E-state index in [9.17, 15) is 0 Å². The SMILES string of the molecule is CC(C)(C)c1nnc(CN2CCCCC2CCO)o1. The molecule has 0 aliphatic carbocycles. The van der Waals surface area contributed by atoms with E-state index in [1.807, 2.05) is 0 Å². The van der Waals surface area contributed by atoms with Crippen molar-refractivity contribution in [2.45, 2.75) is 64.5 Å². The lowest BCUT2D eigenvalue weighted by atomic mass is 9.97. The van der Waals surface area contributed by atoms with Crippen molar-refractivity contribution in [3.05, 3.63) is 11.8 Å². The first kappa shape index (κ1) is 14.5. The van der Waals surface area contributed by atoms with Crippen LogP contribution >= 0.6 is 0 Å². The van der Waals surface area contributed by atoms with Gasteiger partial charge < -0.3 is 9.52 Å². The van der Waals surface area contributed by atoms with Crippen LogP contribution in [0.2, 0.25) is 0 Å². The highest BCUT2D eigenvalue weighted by Crippen LogP contribution is 2.24. The second-order valence-corrected chi connectivity index (χ2v) is 6.38. The van der Waals surface area contributed by atoms with Crippen LogP contribution in [-0.2, 0) is 12.0 Å². The summed E-state index contributed by atoms with van der Waals surface area (Å²) in [5.41, 5.74) is -0.0996. The summed E-state index contributed by atoms with van der Waals surface area (Å²) < 4.78 is 5.75. The van der Waals surface area contributed by atoms with Gasteiger partial charge in [-0.05, 0) is 25.8 Å². The highest BCUT2D eigenvalue weighted by Gasteiger charge is 2.26. The van der Waals surface area contributed by atoms with Gasteiger partial charge in [-0.25, -0.2) is 0 Å². The average Bonchev–Trinajstić information content (AvgIpc) is 2.80. The lowest BCUT2D eigenvalue weighted by molar-refractivity contribution is 0.102. The van der Waals surface area contributed by atoms with Gasteiger partial charge >= 0.3 is 0 Å². The van der Waals surface area contributed by atoms with Gasteiger partial charge in [0.05, 0.1) is 6.54 Å². The molecule has 1 aromatic heterocycles. The third-order valence-corrected chi connectivity index (χ3v) is 3.66. The largest absolute Gasteiger partial charge is 0.423 e. The molecule has 1 saturated heterocycles. The summed E-state index contributed by atoms with van der Waals surface area (Å²) in [6, 6.07) is 0.448. The van der Waals surface area contributed by atoms with Gasteiger partial charge in [-0.1, -0.05) is 27.2 Å². The van der Waals surface area contributed by atoms with Crippen molar-refractivity contribution in [1.82, 2.24) is 15.1 Å². The minimum atomic E-state index is -0.0996. The zero-order chi connectivity index (χ0) is 13.9. The number of aliphatic hydroxyl groups excluding tert-OH is 1. The Hall–Kier alpha value is -0.940. The third-order valence-electron chi connectivity index (χ3n) is 3.66. The van der Waals surface area contributed by atoms with E-state index in [-0.39, 0.29) is 12.0 Å². The predicted octanol–water partition coefficient (Wildman–Crippen LogP) is 2.10. The van der Waals surface area contributed by atoms with Gasteiger partial charge in [-0.2, -0.15) is 0 Å². The summed E-state index contributed by atoms with van der Waals surface area (Å²) in [7, 11) is 0. The van der Waals surface area contributed by atoms with E-state index in [2.05, 4.69) is 35.9 Å². The minimum Gasteiger partial charge on any atom is -0.423 e. The van der Waals surface area contributed by atoms with Crippen LogP contribution in [0.25, 0.3) is 0 Å². The second kappa shape index (κ2) is 6.01. The van der Waals surface area contributed by atoms with Gasteiger partial charge in [0, 0.05) is 18.1 Å². The van der Waals surface area contributed by atoms with E-state index in [1.54, 1.807) is 0 Å². The number of aliphatic hydroxyl groups is 1. The summed E-state index contributed by atoms with van der Waals surface area (Å²) in [5.74, 6) is 1.38. The van der Waals surface area contributed by atoms with Gasteiger partial charge in [-0.3, -0.25) is 4.90 Å². The molecule has 5 heteroatoms. The van der Waals surface area contributed by atoms with Crippen molar-refractivity contribution >= 4 is 0 Å². The van der Waals surface area contributed by atoms with Crippen LogP contribution in [0.15, 0.2) is 4.42 Å². The van der Waals surface area contributed by atoms with Gasteiger partial charge in [0.1, 0.15) is 0 Å². The van der Waals surface area contributed by atoms with Crippen molar-refractivity contribution in [2.75, 3.05) is 13.2 Å². The van der Waals surface area contributed by atoms with E-state index < -0.39 is 0 Å². The van der Waals surface area contributed by atoms with Crippen molar-refractivity contribution in [3.63, 3.8) is 0 Å². The highest BCUT2D eigenvalue weighted by molar-refractivity contribution is 4.96. The van der Waals surface area contributed by atoms with E-state index in [4.69, 9.17) is 9.52 Å². The highest BCUT2D eigenvalue weighted by atomic mass is 16.4. The molecule has 1 atom stereocenters. The molecule has 0 spiro atoms. The maximum absolute atomic E-state index is 9.14. The Morgan fingerprint density at radius 2 is 2.11 bits per heavy atom. The Kier molecular flexibility index (Phi) is 4.58. The number of rotatable bonds is 4. The zero-order valence-electron chi connectivity index (χ0n) is 12.2. The fourth-order valence-corrected chi connectivity index (χ4v) is 2.54. The molecule has 2 heterocycles. The number of hydrogen-bond donors (Lipinski definition) is 1. The molecule has 1 N–H and O–H groups in total. The van der Waals surface area contributed by atoms with Crippen molar-refractivity contribution in [1.29, 1.82) is 0 Å². The molecule has 0 radical (unpaired) electrons. The van der Waals surface area contributed by atoms with Gasteiger partial charge in [0.15, 0.2) is 0 Å². The molecule has 1 fully saturated rings. The molecule has 19 heavy (non-hydrogen) atoms. The van der Waals surface area contributed by atoms with Gasteiger partial charge in [0.2, 0.25) is 11.8 Å². The Balaban J connectivity index is 2.00. The first-order valence-corrected chi connectivity index (χ1v) is 7.18. The average molecular weight is 267 g/mol. The van der Waals surface area contributed by atoms with Crippen molar-refractivity contribution in [2.24, 2.45) is 0 Å². The molecule has 1 unspecified atom stereocenters. The zero-order valence-corrected chi connectivity index (χ0v) is 12.2. The predicted molar refractivity (Wildman–Crippen MR) is 72.7 cm³/mol. The summed E-state index contributed by atoms with van der Waals surface area (Å²) in [6.07, 6.45) is 4.45. The number of likely N-dealkylation sites (tertiary alicyclic amines) is 1. The Labute approximate surface area is 115 Å². The van der Waals surface area contributed by atoms with Crippen LogP contribution in [-0.4, -0.2) is 39.4 Å². The number of hydrogen-bond acceptors (Lipinski definition) is 5. The number of aromatic nitrogens is 2. The second-order valence-electron chi connectivity index (χ2n) is 6.38. The smallest absolute Gasteiger partial charge is 0.230 e. The third kappa shape index (κ3) is 3.76. The maximum Gasteiger partial charge on any atom is 0.230 e. The molecule has 1 aliphatic heterocycles. The molecule has 108 valence electrons. The van der Waals surface area contributed by atoms with E-state index in [0.29, 0.717) is 24.4 Å². The lowest BCUT2D eigenvalue weighted by Crippen LogP contribution is -2.39. The normalized spacial score (nSPS) is 21.8. The molecule has 0 bridgehead atoms.